The maximum absolute atomic E-state index is 12.4. The van der Waals surface area contributed by atoms with Crippen molar-refractivity contribution in [3.05, 3.63) is 0 Å². The fraction of sp³-hybridized carbons (Fsp3) is 0.867. The molecule has 4 nitrogen and oxygen atoms in total. The van der Waals surface area contributed by atoms with Gasteiger partial charge in [0.15, 0.2) is 0 Å². The average Bonchev–Trinajstić information content (AvgIpc) is 3.13. The summed E-state index contributed by atoms with van der Waals surface area (Å²) in [7, 11) is 0. The highest BCUT2D eigenvalue weighted by Crippen LogP contribution is 2.56. The van der Waals surface area contributed by atoms with Crippen LogP contribution in [0, 0.1) is 17.3 Å². The van der Waals surface area contributed by atoms with E-state index in [9.17, 15) is 22.8 Å². The van der Waals surface area contributed by atoms with Gasteiger partial charge < -0.3 is 10.2 Å². The molecule has 0 spiro atoms. The molecule has 0 aromatic heterocycles. The molecule has 0 radical (unpaired) electrons. The monoisotopic (exact) mass is 318 g/mol. The highest BCUT2D eigenvalue weighted by atomic mass is 19.4. The molecule has 22 heavy (non-hydrogen) atoms. The fourth-order valence-corrected chi connectivity index (χ4v) is 3.78. The van der Waals surface area contributed by atoms with Gasteiger partial charge in [-0.25, -0.2) is 0 Å². The summed E-state index contributed by atoms with van der Waals surface area (Å²) in [6, 6.07) is 0. The first-order valence-electron chi connectivity index (χ1n) is 7.91. The van der Waals surface area contributed by atoms with Crippen LogP contribution in [0.15, 0.2) is 0 Å². The Kier molecular flexibility index (Phi) is 3.85. The Morgan fingerprint density at radius 1 is 1.32 bits per heavy atom. The van der Waals surface area contributed by atoms with Gasteiger partial charge in [0.2, 0.25) is 11.8 Å². The molecule has 3 fully saturated rings. The van der Waals surface area contributed by atoms with E-state index in [1.807, 2.05) is 0 Å². The predicted octanol–water partition coefficient (Wildman–Crippen LogP) is 2.09. The molecule has 124 valence electrons. The molecule has 0 unspecified atom stereocenters. The molecule has 1 heterocycles. The topological polar surface area (TPSA) is 49.4 Å². The van der Waals surface area contributed by atoms with Gasteiger partial charge in [0.25, 0.3) is 0 Å². The predicted molar refractivity (Wildman–Crippen MR) is 72.8 cm³/mol. The Bertz CT molecular complexity index is 470. The van der Waals surface area contributed by atoms with E-state index in [1.54, 1.807) is 0 Å². The van der Waals surface area contributed by atoms with Crippen molar-refractivity contribution >= 4 is 11.8 Å². The van der Waals surface area contributed by atoms with Crippen LogP contribution >= 0.6 is 0 Å². The van der Waals surface area contributed by atoms with Crippen LogP contribution in [0.2, 0.25) is 0 Å². The van der Waals surface area contributed by atoms with Crippen molar-refractivity contribution in [3.8, 4) is 0 Å². The summed E-state index contributed by atoms with van der Waals surface area (Å²) in [5, 5.41) is 2.89. The maximum Gasteiger partial charge on any atom is 0.406 e. The van der Waals surface area contributed by atoms with Crippen molar-refractivity contribution in [1.29, 1.82) is 0 Å². The minimum absolute atomic E-state index is 0.113. The summed E-state index contributed by atoms with van der Waals surface area (Å²) in [5.41, 5.74) is 0.226. The molecule has 0 aromatic rings. The van der Waals surface area contributed by atoms with Crippen LogP contribution in [0.3, 0.4) is 0 Å². The number of hydrogen-bond acceptors (Lipinski definition) is 2. The number of amides is 2. The van der Waals surface area contributed by atoms with Gasteiger partial charge in [-0.15, -0.1) is 0 Å². The Labute approximate surface area is 127 Å². The molecule has 2 amide bonds. The fourth-order valence-electron chi connectivity index (χ4n) is 3.78. The Balaban J connectivity index is 1.49. The number of carbonyl (C=O) groups excluding carboxylic acids is 2. The quantitative estimate of drug-likeness (QED) is 0.844. The van der Waals surface area contributed by atoms with Crippen molar-refractivity contribution < 1.29 is 22.8 Å². The highest BCUT2D eigenvalue weighted by molar-refractivity contribution is 5.89. The van der Waals surface area contributed by atoms with E-state index in [0.29, 0.717) is 12.5 Å². The van der Waals surface area contributed by atoms with E-state index < -0.39 is 24.5 Å². The molecule has 3 rings (SSSR count). The summed E-state index contributed by atoms with van der Waals surface area (Å²) in [6.45, 7) is -0.775. The molecule has 1 N–H and O–H groups in total. The van der Waals surface area contributed by atoms with E-state index >= 15 is 0 Å². The average molecular weight is 318 g/mol. The van der Waals surface area contributed by atoms with Gasteiger partial charge in [0, 0.05) is 19.5 Å². The van der Waals surface area contributed by atoms with Crippen LogP contribution in [0.25, 0.3) is 0 Å². The van der Waals surface area contributed by atoms with Gasteiger partial charge in [-0.1, -0.05) is 6.42 Å². The molecular formula is C15H21F3N2O2. The summed E-state index contributed by atoms with van der Waals surface area (Å²) in [4.78, 5) is 24.5. The minimum Gasteiger partial charge on any atom is -0.355 e. The van der Waals surface area contributed by atoms with E-state index in [2.05, 4.69) is 5.32 Å². The molecule has 0 aromatic carbocycles. The lowest BCUT2D eigenvalue weighted by Gasteiger charge is -2.42. The first kappa shape index (κ1) is 15.6. The summed E-state index contributed by atoms with van der Waals surface area (Å²) in [5.74, 6) is -0.803. The zero-order valence-corrected chi connectivity index (χ0v) is 12.4. The SMILES string of the molecule is O=C(NCC1(C2CC2)CCC1)[C@@H]1CC(=O)N(CC(F)(F)F)C1. The minimum atomic E-state index is -4.41. The number of alkyl halides is 3. The third kappa shape index (κ3) is 3.22. The molecule has 2 saturated carbocycles. The lowest BCUT2D eigenvalue weighted by molar-refractivity contribution is -0.157. The number of halogens is 3. The van der Waals surface area contributed by atoms with Crippen molar-refractivity contribution in [1.82, 2.24) is 10.2 Å². The summed E-state index contributed by atoms with van der Waals surface area (Å²) >= 11 is 0. The van der Waals surface area contributed by atoms with Crippen molar-refractivity contribution in [2.24, 2.45) is 17.3 Å². The van der Waals surface area contributed by atoms with Crippen molar-refractivity contribution in [3.63, 3.8) is 0 Å². The molecule has 1 saturated heterocycles. The van der Waals surface area contributed by atoms with Gasteiger partial charge in [-0.05, 0) is 37.0 Å². The molecule has 3 aliphatic rings. The second kappa shape index (κ2) is 5.42. The van der Waals surface area contributed by atoms with Gasteiger partial charge in [0.05, 0.1) is 5.92 Å². The third-order valence-electron chi connectivity index (χ3n) is 5.36. The van der Waals surface area contributed by atoms with Crippen LogP contribution in [-0.4, -0.2) is 42.5 Å². The second-order valence-corrected chi connectivity index (χ2v) is 7.00. The van der Waals surface area contributed by atoms with Gasteiger partial charge in [-0.2, -0.15) is 13.2 Å². The molecular weight excluding hydrogens is 297 g/mol. The normalized spacial score (nSPS) is 27.7. The van der Waals surface area contributed by atoms with E-state index in [0.717, 1.165) is 17.7 Å². The molecule has 2 aliphatic carbocycles. The van der Waals surface area contributed by atoms with Crippen LogP contribution in [0.4, 0.5) is 13.2 Å². The largest absolute Gasteiger partial charge is 0.406 e. The first-order valence-corrected chi connectivity index (χ1v) is 7.91. The van der Waals surface area contributed by atoms with Crippen molar-refractivity contribution in [2.45, 2.75) is 44.7 Å². The van der Waals surface area contributed by atoms with Crippen LogP contribution in [0.1, 0.15) is 38.5 Å². The number of likely N-dealkylation sites (tertiary alicyclic amines) is 1. The maximum atomic E-state index is 12.4. The Morgan fingerprint density at radius 3 is 2.50 bits per heavy atom. The second-order valence-electron chi connectivity index (χ2n) is 7.00. The highest BCUT2D eigenvalue weighted by Gasteiger charge is 2.49. The zero-order valence-electron chi connectivity index (χ0n) is 12.4. The van der Waals surface area contributed by atoms with E-state index in [4.69, 9.17) is 0 Å². The standard InChI is InChI=1S/C15H21F3N2O2/c16-15(17,18)9-20-7-10(6-12(20)21)13(22)19-8-14(4-1-5-14)11-2-3-11/h10-11H,1-9H2,(H,19,22)/t10-/m1/s1. The molecule has 1 aliphatic heterocycles. The van der Waals surface area contributed by atoms with E-state index in [1.165, 1.54) is 19.3 Å². The Morgan fingerprint density at radius 2 is 2.00 bits per heavy atom. The Hall–Kier alpha value is -1.27. The number of rotatable bonds is 5. The number of carbonyl (C=O) groups is 2. The van der Waals surface area contributed by atoms with Gasteiger partial charge >= 0.3 is 6.18 Å². The smallest absolute Gasteiger partial charge is 0.355 e. The van der Waals surface area contributed by atoms with Gasteiger partial charge in [0.1, 0.15) is 6.54 Å². The summed E-state index contributed by atoms with van der Waals surface area (Å²) in [6.07, 6.45) is 1.35. The summed E-state index contributed by atoms with van der Waals surface area (Å²) < 4.78 is 37.1. The van der Waals surface area contributed by atoms with Crippen LogP contribution < -0.4 is 5.32 Å². The number of hydrogen-bond donors (Lipinski definition) is 1. The molecule has 7 heteroatoms. The molecule has 1 atom stereocenters. The van der Waals surface area contributed by atoms with E-state index in [-0.39, 0.29) is 24.3 Å². The lowest BCUT2D eigenvalue weighted by Crippen LogP contribution is -2.45. The van der Waals surface area contributed by atoms with Crippen LogP contribution in [-0.2, 0) is 9.59 Å². The number of nitrogens with zero attached hydrogens (tertiary/aromatic N) is 1. The lowest BCUT2D eigenvalue weighted by atomic mass is 9.65. The zero-order chi connectivity index (χ0) is 16.0. The van der Waals surface area contributed by atoms with Crippen molar-refractivity contribution in [2.75, 3.05) is 19.6 Å². The van der Waals surface area contributed by atoms with Crippen LogP contribution in [0.5, 0.6) is 0 Å². The third-order valence-corrected chi connectivity index (χ3v) is 5.36. The van der Waals surface area contributed by atoms with Gasteiger partial charge in [-0.3, -0.25) is 9.59 Å². The molecule has 0 bridgehead atoms. The first-order chi connectivity index (χ1) is 10.3. The number of nitrogens with one attached hydrogen (secondary N) is 1.